The molecule has 1 N–H and O–H groups in total. The number of hydrogen-bond acceptors (Lipinski definition) is 5. The highest BCUT2D eigenvalue weighted by atomic mass is 32.1. The Balaban J connectivity index is 1.28. The van der Waals surface area contributed by atoms with E-state index in [1.54, 1.807) is 27.1 Å². The third-order valence-corrected chi connectivity index (χ3v) is 8.47. The highest BCUT2D eigenvalue weighted by molar-refractivity contribution is 7.13. The summed E-state index contributed by atoms with van der Waals surface area (Å²) in [6.45, 7) is 8.62. The van der Waals surface area contributed by atoms with Gasteiger partial charge in [0, 0.05) is 18.3 Å². The minimum Gasteiger partial charge on any atom is -0.348 e. The molecule has 3 atom stereocenters. The quantitative estimate of drug-likeness (QED) is 0.295. The van der Waals surface area contributed by atoms with Crippen LogP contribution in [0.25, 0.3) is 21.6 Å². The monoisotopic (exact) mass is 541 g/mol. The summed E-state index contributed by atoms with van der Waals surface area (Å²) in [5, 5.41) is 7.72. The molecule has 39 heavy (non-hydrogen) atoms. The number of thiazole rings is 1. The Labute approximate surface area is 233 Å². The summed E-state index contributed by atoms with van der Waals surface area (Å²) in [7, 11) is 0. The minimum absolute atomic E-state index is 0.0185. The topological polar surface area (TPSA) is 80.1 Å². The van der Waals surface area contributed by atoms with E-state index < -0.39 is 12.1 Å². The molecule has 0 bridgehead atoms. The number of nitrogens with zero attached hydrogens (tertiary/aromatic N) is 4. The number of aryl methyl sites for hydroxylation is 1. The third-order valence-electron chi connectivity index (χ3n) is 7.49. The molecule has 3 heterocycles. The van der Waals surface area contributed by atoms with Crippen LogP contribution in [0.15, 0.2) is 72.5 Å². The van der Waals surface area contributed by atoms with Crippen LogP contribution in [0.1, 0.15) is 57.0 Å². The molecule has 1 aliphatic heterocycles. The van der Waals surface area contributed by atoms with E-state index in [4.69, 9.17) is 0 Å². The number of benzene rings is 2. The van der Waals surface area contributed by atoms with Crippen molar-refractivity contribution in [1.29, 1.82) is 0 Å². The summed E-state index contributed by atoms with van der Waals surface area (Å²) in [6, 6.07) is 17.1. The van der Waals surface area contributed by atoms with Crippen LogP contribution in [0.3, 0.4) is 0 Å². The zero-order valence-electron chi connectivity index (χ0n) is 22.9. The number of carbonyl (C=O) groups excluding carboxylic acids is 2. The zero-order valence-corrected chi connectivity index (χ0v) is 23.7. The largest absolute Gasteiger partial charge is 0.348 e. The van der Waals surface area contributed by atoms with Crippen molar-refractivity contribution in [2.45, 2.75) is 58.7 Å². The first-order valence-electron chi connectivity index (χ1n) is 13.5. The second-order valence-corrected chi connectivity index (χ2v) is 11.4. The second-order valence-electron chi connectivity index (χ2n) is 10.6. The molecule has 0 radical (unpaired) electrons. The van der Waals surface area contributed by atoms with E-state index in [1.807, 2.05) is 81.9 Å². The van der Waals surface area contributed by atoms with Gasteiger partial charge in [-0.3, -0.25) is 14.3 Å². The van der Waals surface area contributed by atoms with Crippen LogP contribution in [0.4, 0.5) is 0 Å². The van der Waals surface area contributed by atoms with Gasteiger partial charge in [0.15, 0.2) is 0 Å². The molecule has 0 spiro atoms. The van der Waals surface area contributed by atoms with Gasteiger partial charge >= 0.3 is 0 Å². The molecule has 7 nitrogen and oxygen atoms in total. The molecule has 2 aromatic heterocycles. The number of nitrogens with one attached hydrogen (secondary N) is 1. The number of likely N-dealkylation sites (tertiary alicyclic amines) is 1. The van der Waals surface area contributed by atoms with Crippen molar-refractivity contribution in [2.75, 3.05) is 6.54 Å². The molecular formula is C31H35N5O2S. The Morgan fingerprint density at radius 2 is 1.74 bits per heavy atom. The first-order chi connectivity index (χ1) is 18.8. The summed E-state index contributed by atoms with van der Waals surface area (Å²) < 4.78 is 1.76. The fraction of sp³-hybridized carbons (Fsp3) is 0.355. The van der Waals surface area contributed by atoms with Crippen LogP contribution in [-0.2, 0) is 9.59 Å². The van der Waals surface area contributed by atoms with Crippen LogP contribution < -0.4 is 5.32 Å². The van der Waals surface area contributed by atoms with E-state index in [9.17, 15) is 9.59 Å². The van der Waals surface area contributed by atoms with E-state index >= 15 is 0 Å². The van der Waals surface area contributed by atoms with Gasteiger partial charge in [-0.05, 0) is 49.3 Å². The molecule has 8 heteroatoms. The van der Waals surface area contributed by atoms with Gasteiger partial charge < -0.3 is 10.2 Å². The maximum Gasteiger partial charge on any atom is 0.248 e. The summed E-state index contributed by atoms with van der Waals surface area (Å²) in [5.41, 5.74) is 7.05. The average Bonchev–Trinajstić information content (AvgIpc) is 3.70. The number of hydrogen-bond donors (Lipinski definition) is 1. The summed E-state index contributed by atoms with van der Waals surface area (Å²) in [6.07, 6.45) is 5.20. The fourth-order valence-corrected chi connectivity index (χ4v) is 6.15. The smallest absolute Gasteiger partial charge is 0.248 e. The van der Waals surface area contributed by atoms with Crippen molar-refractivity contribution >= 4 is 23.2 Å². The molecular weight excluding hydrogens is 506 g/mol. The lowest BCUT2D eigenvalue weighted by Crippen LogP contribution is -2.49. The molecule has 1 fully saturated rings. The molecule has 2 aromatic carbocycles. The molecule has 1 saturated heterocycles. The van der Waals surface area contributed by atoms with Gasteiger partial charge in [-0.15, -0.1) is 11.3 Å². The van der Waals surface area contributed by atoms with Crippen LogP contribution in [0, 0.1) is 12.8 Å². The van der Waals surface area contributed by atoms with Crippen molar-refractivity contribution in [3.63, 3.8) is 0 Å². The van der Waals surface area contributed by atoms with Crippen molar-refractivity contribution in [2.24, 2.45) is 5.92 Å². The zero-order chi connectivity index (χ0) is 27.5. The minimum atomic E-state index is -0.482. The molecule has 4 aromatic rings. The SMILES string of the molecule is Cc1ncsc1-c1ccc([C@H](C)NC(=O)[C@@H]2CCCN2C(=O)C(C(C)C)n2cc(-c3ccccc3)cn2)cc1. The number of amides is 2. The molecule has 5 rings (SSSR count). The van der Waals surface area contributed by atoms with E-state index in [1.165, 1.54) is 0 Å². The Morgan fingerprint density at radius 1 is 1.00 bits per heavy atom. The lowest BCUT2D eigenvalue weighted by Gasteiger charge is -2.30. The van der Waals surface area contributed by atoms with Crippen LogP contribution in [0.5, 0.6) is 0 Å². The molecule has 2 amide bonds. The lowest BCUT2D eigenvalue weighted by atomic mass is 10.0. The van der Waals surface area contributed by atoms with Gasteiger partial charge in [0.2, 0.25) is 11.8 Å². The van der Waals surface area contributed by atoms with Gasteiger partial charge in [0.25, 0.3) is 0 Å². The van der Waals surface area contributed by atoms with Crippen molar-refractivity contribution < 1.29 is 9.59 Å². The van der Waals surface area contributed by atoms with Crippen LogP contribution in [0.2, 0.25) is 0 Å². The summed E-state index contributed by atoms with van der Waals surface area (Å²) >= 11 is 1.63. The summed E-state index contributed by atoms with van der Waals surface area (Å²) in [5.74, 6) is -0.143. The van der Waals surface area contributed by atoms with Gasteiger partial charge in [0.1, 0.15) is 12.1 Å². The van der Waals surface area contributed by atoms with E-state index in [-0.39, 0.29) is 23.8 Å². The maximum atomic E-state index is 13.9. The third kappa shape index (κ3) is 5.66. The van der Waals surface area contributed by atoms with Gasteiger partial charge in [-0.25, -0.2) is 4.98 Å². The van der Waals surface area contributed by atoms with Crippen LogP contribution in [-0.4, -0.2) is 44.1 Å². The van der Waals surface area contributed by atoms with Gasteiger partial charge in [-0.1, -0.05) is 68.4 Å². The molecule has 1 unspecified atom stereocenters. The molecule has 1 aliphatic rings. The number of aromatic nitrogens is 3. The predicted octanol–water partition coefficient (Wildman–Crippen LogP) is 6.05. The Morgan fingerprint density at radius 3 is 2.41 bits per heavy atom. The second kappa shape index (κ2) is 11.5. The predicted molar refractivity (Wildman–Crippen MR) is 155 cm³/mol. The Bertz CT molecular complexity index is 1430. The number of rotatable bonds is 8. The normalized spacial score (nSPS) is 16.8. The average molecular weight is 542 g/mol. The van der Waals surface area contributed by atoms with Gasteiger partial charge in [0.05, 0.1) is 28.3 Å². The van der Waals surface area contributed by atoms with E-state index in [2.05, 4.69) is 27.5 Å². The first kappa shape index (κ1) is 26.8. The molecule has 0 aliphatic carbocycles. The first-order valence-corrected chi connectivity index (χ1v) is 14.4. The standard InChI is InChI=1S/C31H35N5O2S/c1-20(2)28(36-18-26(17-33-36)24-9-6-5-7-10-24)31(38)35-16-8-11-27(35)30(37)34-21(3)23-12-14-25(15-13-23)29-22(4)32-19-39-29/h5-7,9-10,12-15,17-21,27-28H,8,11,16H2,1-4H3,(H,34,37)/t21-,27-,28?/m0/s1. The molecule has 202 valence electrons. The van der Waals surface area contributed by atoms with Gasteiger partial charge in [-0.2, -0.15) is 5.10 Å². The van der Waals surface area contributed by atoms with E-state index in [0.717, 1.165) is 39.2 Å². The highest BCUT2D eigenvalue weighted by Gasteiger charge is 2.39. The Hall–Kier alpha value is -3.78. The maximum absolute atomic E-state index is 13.9. The summed E-state index contributed by atoms with van der Waals surface area (Å²) in [4.78, 5) is 34.5. The fourth-order valence-electron chi connectivity index (χ4n) is 5.34. The van der Waals surface area contributed by atoms with Crippen molar-refractivity contribution in [1.82, 2.24) is 25.0 Å². The molecule has 0 saturated carbocycles. The van der Waals surface area contributed by atoms with Crippen molar-refractivity contribution in [3.05, 3.63) is 83.8 Å². The van der Waals surface area contributed by atoms with Crippen molar-refractivity contribution in [3.8, 4) is 21.6 Å². The van der Waals surface area contributed by atoms with E-state index in [0.29, 0.717) is 13.0 Å². The number of carbonyl (C=O) groups is 2. The van der Waals surface area contributed by atoms with Crippen LogP contribution >= 0.6 is 11.3 Å². The Kier molecular flexibility index (Phi) is 7.93. The lowest BCUT2D eigenvalue weighted by molar-refractivity contribution is -0.142. The highest BCUT2D eigenvalue weighted by Crippen LogP contribution is 2.30.